The number of barbiturate groups is 1. The van der Waals surface area contributed by atoms with E-state index in [1.165, 1.54) is 24.3 Å². The zero-order chi connectivity index (χ0) is 26.7. The predicted octanol–water partition coefficient (Wildman–Crippen LogP) is 6.90. The molecule has 3 aromatic carbocycles. The van der Waals surface area contributed by atoms with Crippen molar-refractivity contribution in [2.75, 3.05) is 11.5 Å². The van der Waals surface area contributed by atoms with Gasteiger partial charge in [-0.25, -0.2) is 9.69 Å². The maximum absolute atomic E-state index is 13.2. The third kappa shape index (κ3) is 6.20. The summed E-state index contributed by atoms with van der Waals surface area (Å²) < 4.78 is 12.5. The van der Waals surface area contributed by atoms with Crippen molar-refractivity contribution in [1.29, 1.82) is 0 Å². The Morgan fingerprint density at radius 1 is 0.946 bits per heavy atom. The number of hydrogen-bond acceptors (Lipinski definition) is 5. The Bertz CT molecular complexity index is 1430. The van der Waals surface area contributed by atoms with Gasteiger partial charge in [-0.2, -0.15) is 0 Å². The summed E-state index contributed by atoms with van der Waals surface area (Å²) in [6, 6.07) is 14.1. The summed E-state index contributed by atoms with van der Waals surface area (Å²) in [4.78, 5) is 39.1. The number of benzene rings is 3. The summed E-state index contributed by atoms with van der Waals surface area (Å²) in [5, 5.41) is 3.24. The first-order valence-corrected chi connectivity index (χ1v) is 13.1. The number of rotatable bonds is 7. The van der Waals surface area contributed by atoms with Crippen LogP contribution in [0.15, 0.2) is 60.2 Å². The number of ether oxygens (including phenoxy) is 2. The Morgan fingerprint density at radius 2 is 1.68 bits per heavy atom. The monoisotopic (exact) mass is 670 g/mol. The van der Waals surface area contributed by atoms with Crippen molar-refractivity contribution in [3.05, 3.63) is 89.9 Å². The summed E-state index contributed by atoms with van der Waals surface area (Å²) in [5.41, 5.74) is 1.36. The van der Waals surface area contributed by atoms with E-state index in [2.05, 4.69) is 27.9 Å². The van der Waals surface area contributed by atoms with Crippen LogP contribution < -0.4 is 19.7 Å². The molecule has 0 unspecified atom stereocenters. The summed E-state index contributed by atoms with van der Waals surface area (Å²) in [6.07, 6.45) is 1.39. The highest BCUT2D eigenvalue weighted by atomic mass is 127. The van der Waals surface area contributed by atoms with Crippen molar-refractivity contribution < 1.29 is 23.9 Å². The summed E-state index contributed by atoms with van der Waals surface area (Å²) in [5.74, 6) is -0.659. The first kappa shape index (κ1) is 27.3. The Morgan fingerprint density at radius 3 is 2.35 bits per heavy atom. The van der Waals surface area contributed by atoms with Gasteiger partial charge in [-0.1, -0.05) is 46.9 Å². The lowest BCUT2D eigenvalue weighted by atomic mass is 10.1. The number of carbonyl (C=O) groups is 3. The van der Waals surface area contributed by atoms with Crippen molar-refractivity contribution in [3.8, 4) is 11.5 Å². The fourth-order valence-electron chi connectivity index (χ4n) is 3.49. The molecule has 1 heterocycles. The van der Waals surface area contributed by atoms with E-state index >= 15 is 0 Å². The van der Waals surface area contributed by atoms with Crippen molar-refractivity contribution in [3.63, 3.8) is 0 Å². The molecule has 1 aliphatic rings. The molecule has 0 aliphatic carbocycles. The third-order valence-corrected chi connectivity index (χ3v) is 6.99. The molecule has 3 aromatic rings. The van der Waals surface area contributed by atoms with Gasteiger partial charge in [0.1, 0.15) is 12.2 Å². The van der Waals surface area contributed by atoms with E-state index in [9.17, 15) is 14.4 Å². The number of nitrogens with zero attached hydrogens (tertiary/aromatic N) is 1. The lowest BCUT2D eigenvalue weighted by Crippen LogP contribution is -2.54. The van der Waals surface area contributed by atoms with Crippen LogP contribution in [-0.4, -0.2) is 24.5 Å². The molecule has 1 aliphatic heterocycles. The number of imide groups is 2. The van der Waals surface area contributed by atoms with Crippen LogP contribution in [-0.2, 0) is 16.2 Å². The molecule has 1 N–H and O–H groups in total. The first-order valence-electron chi connectivity index (χ1n) is 10.9. The van der Waals surface area contributed by atoms with E-state index in [0.29, 0.717) is 32.3 Å². The second kappa shape index (κ2) is 11.7. The number of nitrogens with one attached hydrogen (secondary N) is 1. The number of anilines is 1. The smallest absolute Gasteiger partial charge is 0.335 e. The van der Waals surface area contributed by atoms with Crippen LogP contribution in [0.2, 0.25) is 15.1 Å². The summed E-state index contributed by atoms with van der Waals surface area (Å²) in [6.45, 7) is 2.49. The van der Waals surface area contributed by atoms with Gasteiger partial charge in [0.15, 0.2) is 11.5 Å². The van der Waals surface area contributed by atoms with Crippen LogP contribution in [0.25, 0.3) is 6.08 Å². The lowest BCUT2D eigenvalue weighted by molar-refractivity contribution is -0.122. The molecule has 0 atom stereocenters. The fourth-order valence-corrected chi connectivity index (χ4v) is 4.69. The number of carbonyl (C=O) groups excluding carboxylic acids is 3. The van der Waals surface area contributed by atoms with E-state index in [1.807, 2.05) is 19.1 Å². The zero-order valence-electron chi connectivity index (χ0n) is 19.2. The highest BCUT2D eigenvalue weighted by Crippen LogP contribution is 2.36. The van der Waals surface area contributed by atoms with Crippen LogP contribution in [0.3, 0.4) is 0 Å². The van der Waals surface area contributed by atoms with E-state index in [0.717, 1.165) is 10.5 Å². The van der Waals surface area contributed by atoms with Gasteiger partial charge in [0.25, 0.3) is 11.8 Å². The van der Waals surface area contributed by atoms with Gasteiger partial charge < -0.3 is 9.47 Å². The number of urea groups is 1. The minimum Gasteiger partial charge on any atom is -0.490 e. The molecule has 1 fully saturated rings. The van der Waals surface area contributed by atoms with Crippen LogP contribution in [0.5, 0.6) is 11.5 Å². The largest absolute Gasteiger partial charge is 0.490 e. The first-order chi connectivity index (χ1) is 17.7. The Labute approximate surface area is 241 Å². The van der Waals surface area contributed by atoms with Gasteiger partial charge in [0.05, 0.1) is 25.9 Å². The third-order valence-electron chi connectivity index (χ3n) is 5.20. The molecule has 0 radical (unpaired) electrons. The topological polar surface area (TPSA) is 84.9 Å². The molecule has 11 heteroatoms. The number of hydrogen-bond donors (Lipinski definition) is 1. The minimum atomic E-state index is -0.888. The van der Waals surface area contributed by atoms with E-state index in [1.54, 1.807) is 24.3 Å². The number of amides is 4. The summed E-state index contributed by atoms with van der Waals surface area (Å²) >= 11 is 20.1. The number of halogens is 4. The molecule has 1 saturated heterocycles. The van der Waals surface area contributed by atoms with Crippen LogP contribution in [0.4, 0.5) is 10.5 Å². The van der Waals surface area contributed by atoms with E-state index in [4.69, 9.17) is 44.3 Å². The van der Waals surface area contributed by atoms with Crippen LogP contribution in [0.1, 0.15) is 18.1 Å². The lowest BCUT2D eigenvalue weighted by Gasteiger charge is -2.26. The van der Waals surface area contributed by atoms with Gasteiger partial charge in [-0.3, -0.25) is 14.9 Å². The molecular formula is C26H18Cl3IN2O5. The second-order valence-corrected chi connectivity index (χ2v) is 10.1. The highest BCUT2D eigenvalue weighted by molar-refractivity contribution is 14.1. The quantitative estimate of drug-likeness (QED) is 0.168. The average Bonchev–Trinajstić information content (AvgIpc) is 2.84. The second-order valence-electron chi connectivity index (χ2n) is 7.73. The predicted molar refractivity (Wildman–Crippen MR) is 152 cm³/mol. The standard InChI is InChI=1S/C26H18Cl3IN2O5/c1-2-36-22-11-15(10-21(30)23(22)37-13-14-3-5-16(27)6-4-14)9-18-24(33)31-26(35)32(25(18)34)17-7-8-19(28)20(29)12-17/h3-12H,2,13H2,1H3,(H,31,33,35)/b18-9+. The van der Waals surface area contributed by atoms with Crippen molar-refractivity contribution in [1.82, 2.24) is 5.32 Å². The molecule has 0 aromatic heterocycles. The molecule has 4 amide bonds. The Hall–Kier alpha value is -2.79. The van der Waals surface area contributed by atoms with Crippen molar-refractivity contribution in [2.45, 2.75) is 13.5 Å². The van der Waals surface area contributed by atoms with Crippen LogP contribution >= 0.6 is 57.4 Å². The maximum atomic E-state index is 13.2. The molecule has 0 bridgehead atoms. The SMILES string of the molecule is CCOc1cc(/C=C2\C(=O)NC(=O)N(c3ccc(Cl)c(Cl)c3)C2=O)cc(I)c1OCc1ccc(Cl)cc1. The zero-order valence-corrected chi connectivity index (χ0v) is 23.6. The minimum absolute atomic E-state index is 0.160. The molecule has 0 spiro atoms. The van der Waals surface area contributed by atoms with Crippen LogP contribution in [0, 0.1) is 3.57 Å². The van der Waals surface area contributed by atoms with E-state index in [-0.39, 0.29) is 27.9 Å². The van der Waals surface area contributed by atoms with Gasteiger partial charge in [-0.15, -0.1) is 0 Å². The maximum Gasteiger partial charge on any atom is 0.335 e. The van der Waals surface area contributed by atoms with Gasteiger partial charge in [0, 0.05) is 5.02 Å². The normalized spacial score (nSPS) is 14.7. The molecule has 7 nitrogen and oxygen atoms in total. The highest BCUT2D eigenvalue weighted by Gasteiger charge is 2.37. The molecular weight excluding hydrogens is 654 g/mol. The molecule has 37 heavy (non-hydrogen) atoms. The van der Waals surface area contributed by atoms with Gasteiger partial charge in [-0.05, 0) is 89.2 Å². The molecule has 0 saturated carbocycles. The van der Waals surface area contributed by atoms with Gasteiger partial charge in [0.2, 0.25) is 0 Å². The summed E-state index contributed by atoms with van der Waals surface area (Å²) in [7, 11) is 0. The Kier molecular flexibility index (Phi) is 8.63. The molecule has 190 valence electrons. The van der Waals surface area contributed by atoms with E-state index < -0.39 is 17.8 Å². The fraction of sp³-hybridized carbons (Fsp3) is 0.115. The van der Waals surface area contributed by atoms with Crippen molar-refractivity contribution in [2.24, 2.45) is 0 Å². The Balaban J connectivity index is 1.66. The average molecular weight is 672 g/mol. The molecule has 4 rings (SSSR count). The van der Waals surface area contributed by atoms with Gasteiger partial charge >= 0.3 is 6.03 Å². The van der Waals surface area contributed by atoms with Crippen molar-refractivity contribution >= 4 is 87.0 Å².